The van der Waals surface area contributed by atoms with Crippen LogP contribution in [0.3, 0.4) is 0 Å². The van der Waals surface area contributed by atoms with Gasteiger partial charge in [0.2, 0.25) is 11.8 Å². The fraction of sp³-hybridized carbons (Fsp3) is 0.846. The second kappa shape index (κ2) is 8.12. The minimum absolute atomic E-state index is 0.00406. The van der Waals surface area contributed by atoms with Crippen LogP contribution < -0.4 is 16.5 Å². The van der Waals surface area contributed by atoms with Crippen molar-refractivity contribution in [1.29, 1.82) is 0 Å². The predicted molar refractivity (Wildman–Crippen MR) is 76.1 cm³/mol. The lowest BCUT2D eigenvalue weighted by atomic mass is 9.92. The summed E-state index contributed by atoms with van der Waals surface area (Å²) >= 11 is 0. The van der Waals surface area contributed by atoms with Gasteiger partial charge < -0.3 is 10.6 Å². The Hall–Kier alpha value is -1.14. The zero-order valence-corrected chi connectivity index (χ0v) is 12.7. The molecule has 0 aliphatic rings. The highest BCUT2D eigenvalue weighted by molar-refractivity contribution is 5.78. The first kappa shape index (κ1) is 17.9. The Morgan fingerprint density at radius 1 is 1.11 bits per heavy atom. The Morgan fingerprint density at radius 3 is 2.00 bits per heavy atom. The monoisotopic (exact) mass is 272 g/mol. The van der Waals surface area contributed by atoms with E-state index in [0.717, 1.165) is 0 Å². The molecule has 4 N–H and O–H groups in total. The van der Waals surface area contributed by atoms with Crippen LogP contribution in [0.15, 0.2) is 0 Å². The van der Waals surface area contributed by atoms with Crippen molar-refractivity contribution in [3.63, 3.8) is 0 Å². The molecular formula is C13H28N4O2. The van der Waals surface area contributed by atoms with Gasteiger partial charge >= 0.3 is 0 Å². The number of nitrogens with two attached hydrogens (primary N) is 1. The van der Waals surface area contributed by atoms with E-state index in [1.54, 1.807) is 0 Å². The molecule has 6 nitrogen and oxygen atoms in total. The van der Waals surface area contributed by atoms with Crippen molar-refractivity contribution in [1.82, 2.24) is 15.6 Å². The number of hydrogen-bond donors (Lipinski definition) is 3. The molecule has 0 unspecified atom stereocenters. The number of rotatable bonds is 7. The first-order chi connectivity index (χ1) is 8.61. The number of nitrogens with one attached hydrogen (secondary N) is 2. The summed E-state index contributed by atoms with van der Waals surface area (Å²) in [7, 11) is 0. The van der Waals surface area contributed by atoms with E-state index < -0.39 is 0 Å². The normalized spacial score (nSPS) is 11.8. The maximum Gasteiger partial charge on any atom is 0.235 e. The first-order valence-corrected chi connectivity index (χ1v) is 6.66. The first-order valence-electron chi connectivity index (χ1n) is 6.66. The molecule has 0 aliphatic heterocycles. The van der Waals surface area contributed by atoms with E-state index in [0.29, 0.717) is 19.5 Å². The Kier molecular flexibility index (Phi) is 7.63. The van der Waals surface area contributed by atoms with Crippen molar-refractivity contribution in [3.8, 4) is 0 Å². The summed E-state index contributed by atoms with van der Waals surface area (Å²) in [6.07, 6.45) is 0.477. The number of carbonyl (C=O) groups is 2. The van der Waals surface area contributed by atoms with Crippen LogP contribution in [0.25, 0.3) is 0 Å². The topological polar surface area (TPSA) is 87.5 Å². The van der Waals surface area contributed by atoms with Crippen LogP contribution in [0.1, 0.15) is 41.0 Å². The van der Waals surface area contributed by atoms with Gasteiger partial charge in [0.05, 0.1) is 6.54 Å². The Balaban J connectivity index is 3.70. The van der Waals surface area contributed by atoms with Crippen molar-refractivity contribution in [2.24, 2.45) is 11.3 Å². The van der Waals surface area contributed by atoms with Crippen LogP contribution in [0, 0.1) is 5.41 Å². The molecule has 0 aliphatic carbocycles. The van der Waals surface area contributed by atoms with Gasteiger partial charge in [0.25, 0.3) is 0 Å². The lowest BCUT2D eigenvalue weighted by Crippen LogP contribution is -2.46. The van der Waals surface area contributed by atoms with Gasteiger partial charge in [0, 0.05) is 25.6 Å². The minimum atomic E-state index is -0.138. The summed E-state index contributed by atoms with van der Waals surface area (Å²) in [6.45, 7) is 10.9. The van der Waals surface area contributed by atoms with E-state index in [4.69, 9.17) is 5.84 Å². The molecule has 0 bridgehead atoms. The van der Waals surface area contributed by atoms with Gasteiger partial charge in [-0.3, -0.25) is 15.4 Å². The molecule has 112 valence electrons. The average Bonchev–Trinajstić information content (AvgIpc) is 2.21. The zero-order chi connectivity index (χ0) is 15.1. The smallest absolute Gasteiger partial charge is 0.235 e. The van der Waals surface area contributed by atoms with Crippen molar-refractivity contribution in [3.05, 3.63) is 0 Å². The third-order valence-electron chi connectivity index (χ3n) is 2.45. The quantitative estimate of drug-likeness (QED) is 0.352. The third kappa shape index (κ3) is 10.5. The van der Waals surface area contributed by atoms with E-state index in [1.807, 2.05) is 34.6 Å². The van der Waals surface area contributed by atoms with Gasteiger partial charge in [-0.15, -0.1) is 0 Å². The second-order valence-corrected chi connectivity index (χ2v) is 6.20. The molecule has 2 amide bonds. The van der Waals surface area contributed by atoms with Gasteiger partial charge in [0.15, 0.2) is 0 Å². The molecule has 0 aromatic rings. The molecule has 0 rings (SSSR count). The maximum atomic E-state index is 11.5. The highest BCUT2D eigenvalue weighted by Gasteiger charge is 2.15. The fourth-order valence-electron chi connectivity index (χ4n) is 1.35. The highest BCUT2D eigenvalue weighted by atomic mass is 16.2. The molecule has 0 aromatic carbocycles. The number of amides is 2. The highest BCUT2D eigenvalue weighted by Crippen LogP contribution is 2.17. The molecule has 0 saturated carbocycles. The van der Waals surface area contributed by atoms with Crippen LogP contribution in [0.4, 0.5) is 0 Å². The van der Waals surface area contributed by atoms with E-state index >= 15 is 0 Å². The molecular weight excluding hydrogens is 244 g/mol. The number of carbonyl (C=O) groups excluding carboxylic acids is 2. The van der Waals surface area contributed by atoms with Crippen molar-refractivity contribution in [2.75, 3.05) is 19.6 Å². The van der Waals surface area contributed by atoms with Crippen LogP contribution in [0.2, 0.25) is 0 Å². The number of nitrogens with zero attached hydrogens (tertiary/aromatic N) is 1. The van der Waals surface area contributed by atoms with E-state index in [2.05, 4.69) is 10.6 Å². The van der Waals surface area contributed by atoms with E-state index in [1.165, 1.54) is 5.01 Å². The minimum Gasteiger partial charge on any atom is -0.354 e. The summed E-state index contributed by atoms with van der Waals surface area (Å²) in [6, 6.07) is 0.122. The summed E-state index contributed by atoms with van der Waals surface area (Å²) < 4.78 is 0. The summed E-state index contributed by atoms with van der Waals surface area (Å²) in [5, 5.41) is 6.95. The number of hydrogen-bond acceptors (Lipinski definition) is 4. The molecule has 0 aromatic heterocycles. The molecule has 0 atom stereocenters. The average molecular weight is 272 g/mol. The third-order valence-corrected chi connectivity index (χ3v) is 2.45. The Bertz CT molecular complexity index is 298. The van der Waals surface area contributed by atoms with Crippen molar-refractivity contribution >= 4 is 11.8 Å². The molecule has 0 radical (unpaired) electrons. The van der Waals surface area contributed by atoms with Gasteiger partial charge in [-0.1, -0.05) is 20.8 Å². The Labute approximate surface area is 116 Å². The van der Waals surface area contributed by atoms with Crippen LogP contribution in [-0.4, -0.2) is 42.5 Å². The number of hydrazine groups is 1. The van der Waals surface area contributed by atoms with Gasteiger partial charge in [-0.05, 0) is 19.3 Å². The van der Waals surface area contributed by atoms with Crippen molar-refractivity contribution < 1.29 is 9.59 Å². The van der Waals surface area contributed by atoms with Crippen LogP contribution in [0.5, 0.6) is 0 Å². The molecule has 0 spiro atoms. The van der Waals surface area contributed by atoms with Crippen molar-refractivity contribution in [2.45, 2.75) is 47.1 Å². The predicted octanol–water partition coefficient (Wildman–Crippen LogP) is 0.239. The van der Waals surface area contributed by atoms with E-state index in [9.17, 15) is 9.59 Å². The summed E-state index contributed by atoms with van der Waals surface area (Å²) in [5.41, 5.74) is -0.0232. The zero-order valence-electron chi connectivity index (χ0n) is 12.7. The fourth-order valence-corrected chi connectivity index (χ4v) is 1.35. The molecule has 19 heavy (non-hydrogen) atoms. The molecule has 0 heterocycles. The molecule has 6 heteroatoms. The maximum absolute atomic E-state index is 11.5. The largest absolute Gasteiger partial charge is 0.354 e. The summed E-state index contributed by atoms with van der Waals surface area (Å²) in [4.78, 5) is 23.0. The molecule has 0 fully saturated rings. The van der Waals surface area contributed by atoms with Crippen LogP contribution >= 0.6 is 0 Å². The molecule has 0 saturated heterocycles. The van der Waals surface area contributed by atoms with Gasteiger partial charge in [-0.2, -0.15) is 0 Å². The Morgan fingerprint density at radius 2 is 1.58 bits per heavy atom. The lowest BCUT2D eigenvalue weighted by molar-refractivity contribution is -0.124. The summed E-state index contributed by atoms with van der Waals surface area (Å²) in [5.74, 6) is 5.51. The lowest BCUT2D eigenvalue weighted by Gasteiger charge is -2.20. The standard InChI is InChI=1S/C13H28N4O2/c1-10(2)17(14)9-12(19)16-7-6-15-11(18)8-13(3,4)5/h10H,6-9,14H2,1-5H3,(H,15,18)(H,16,19). The van der Waals surface area contributed by atoms with E-state index in [-0.39, 0.29) is 29.8 Å². The van der Waals surface area contributed by atoms with Gasteiger partial charge in [0.1, 0.15) is 0 Å². The van der Waals surface area contributed by atoms with Crippen LogP contribution in [-0.2, 0) is 9.59 Å². The van der Waals surface area contributed by atoms with Gasteiger partial charge in [-0.25, -0.2) is 5.01 Å². The second-order valence-electron chi connectivity index (χ2n) is 6.20. The SMILES string of the molecule is CC(C)N(N)CC(=O)NCCNC(=O)CC(C)(C)C.